The molecule has 0 aromatic heterocycles. The first-order valence-corrected chi connectivity index (χ1v) is 9.10. The number of hydrogen-bond donors (Lipinski definition) is 2. The molecule has 1 aromatic carbocycles. The van der Waals surface area contributed by atoms with E-state index in [0.29, 0.717) is 6.79 Å². The predicted molar refractivity (Wildman–Crippen MR) is 97.2 cm³/mol. The summed E-state index contributed by atoms with van der Waals surface area (Å²) in [5.74, 6) is 4.25. The zero-order valence-electron chi connectivity index (χ0n) is 14.9. The molecule has 136 valence electrons. The number of benzene rings is 1. The van der Waals surface area contributed by atoms with Crippen molar-refractivity contribution < 1.29 is 14.3 Å². The molecule has 0 amide bonds. The maximum atomic E-state index is 10.2. The van der Waals surface area contributed by atoms with E-state index in [9.17, 15) is 4.79 Å². The zero-order valence-corrected chi connectivity index (χ0v) is 14.9. The summed E-state index contributed by atoms with van der Waals surface area (Å²) in [4.78, 5) is 10.2. The molecule has 2 aliphatic carbocycles. The van der Waals surface area contributed by atoms with E-state index >= 15 is 0 Å². The largest absolute Gasteiger partial charge is 0.454 e. The average Bonchev–Trinajstić information content (AvgIpc) is 3.22. The van der Waals surface area contributed by atoms with Crippen LogP contribution in [0.15, 0.2) is 30.4 Å². The number of carbonyl (C=O) groups excluding carboxylic acids is 1. The zero-order chi connectivity index (χ0) is 17.6. The van der Waals surface area contributed by atoms with Crippen molar-refractivity contribution in [2.24, 2.45) is 17.8 Å². The summed E-state index contributed by atoms with van der Waals surface area (Å²) in [5.41, 5.74) is 8.50. The number of rotatable bonds is 6. The molecule has 2 fully saturated rings. The van der Waals surface area contributed by atoms with Crippen molar-refractivity contribution >= 4 is 6.29 Å². The summed E-state index contributed by atoms with van der Waals surface area (Å²) < 4.78 is 10.4. The van der Waals surface area contributed by atoms with Crippen molar-refractivity contribution in [1.29, 1.82) is 0 Å². The molecule has 2 saturated carbocycles. The normalized spacial score (nSPS) is 25.6. The van der Waals surface area contributed by atoms with Crippen LogP contribution in [0.3, 0.4) is 0 Å². The van der Waals surface area contributed by atoms with Gasteiger partial charge in [-0.2, -0.15) is 0 Å². The van der Waals surface area contributed by atoms with Crippen molar-refractivity contribution in [2.45, 2.75) is 38.6 Å². The highest BCUT2D eigenvalue weighted by atomic mass is 16.7. The second-order valence-corrected chi connectivity index (χ2v) is 7.10. The van der Waals surface area contributed by atoms with Gasteiger partial charge in [0.05, 0.1) is 0 Å². The van der Waals surface area contributed by atoms with Gasteiger partial charge in [0.1, 0.15) is 6.29 Å². The second kappa shape index (κ2) is 8.50. The molecule has 5 nitrogen and oxygen atoms in total. The van der Waals surface area contributed by atoms with Crippen molar-refractivity contribution in [2.75, 3.05) is 13.8 Å². The first kappa shape index (κ1) is 18.0. The lowest BCUT2D eigenvalue weighted by molar-refractivity contribution is -0.108. The minimum Gasteiger partial charge on any atom is -0.454 e. The van der Waals surface area contributed by atoms with E-state index in [0.717, 1.165) is 54.9 Å². The Labute approximate surface area is 149 Å². The van der Waals surface area contributed by atoms with E-state index in [1.165, 1.54) is 30.4 Å². The van der Waals surface area contributed by atoms with Gasteiger partial charge in [0.2, 0.25) is 6.79 Å². The topological polar surface area (TPSA) is 59.6 Å². The van der Waals surface area contributed by atoms with E-state index in [-0.39, 0.29) is 0 Å². The van der Waals surface area contributed by atoms with Crippen LogP contribution < -0.4 is 20.3 Å². The molecule has 4 rings (SSSR count). The molecule has 1 aliphatic heterocycles. The number of hydrazine groups is 1. The summed E-state index contributed by atoms with van der Waals surface area (Å²) in [6, 6.07) is 5.92. The van der Waals surface area contributed by atoms with Crippen molar-refractivity contribution in [3.63, 3.8) is 0 Å². The lowest BCUT2D eigenvalue weighted by Crippen LogP contribution is -2.26. The summed E-state index contributed by atoms with van der Waals surface area (Å²) >= 11 is 0. The van der Waals surface area contributed by atoms with Gasteiger partial charge in [-0.25, -0.2) is 0 Å². The van der Waals surface area contributed by atoms with Gasteiger partial charge in [0.15, 0.2) is 11.5 Å². The van der Waals surface area contributed by atoms with Crippen LogP contribution in [-0.2, 0) is 11.3 Å². The van der Waals surface area contributed by atoms with Crippen LogP contribution in [0.1, 0.15) is 37.7 Å². The molecule has 5 heteroatoms. The fourth-order valence-corrected chi connectivity index (χ4v) is 4.07. The highest BCUT2D eigenvalue weighted by Crippen LogP contribution is 2.53. The van der Waals surface area contributed by atoms with Gasteiger partial charge in [0.25, 0.3) is 0 Å². The van der Waals surface area contributed by atoms with Gasteiger partial charge < -0.3 is 14.3 Å². The highest BCUT2D eigenvalue weighted by molar-refractivity contribution is 5.49. The van der Waals surface area contributed by atoms with Gasteiger partial charge in [-0.05, 0) is 68.2 Å². The van der Waals surface area contributed by atoms with Gasteiger partial charge in [0, 0.05) is 13.0 Å². The van der Waals surface area contributed by atoms with E-state index in [2.05, 4.69) is 17.4 Å². The van der Waals surface area contributed by atoms with Crippen molar-refractivity contribution in [1.82, 2.24) is 10.9 Å². The Kier molecular flexibility index (Phi) is 6.10. The van der Waals surface area contributed by atoms with Crippen molar-refractivity contribution in [3.8, 4) is 11.5 Å². The molecule has 0 bridgehead atoms. The van der Waals surface area contributed by atoms with Crippen LogP contribution in [0.25, 0.3) is 0 Å². The van der Waals surface area contributed by atoms with E-state index in [1.54, 1.807) is 0 Å². The standard InChI is InChI=1S/C11H16O.C9H12N2O2/c1-8-5-10-6-9(3-2-4-12)7-11(8)10;1-10-11-5-7-2-3-8-9(4-7)13-6-12-8/h4,9-11H,1-3,5-7H2;2-4,10-11H,5-6H2,1H3. The Morgan fingerprint density at radius 3 is 2.84 bits per heavy atom. The third-order valence-electron chi connectivity index (χ3n) is 5.44. The SMILES string of the molecule is C=C1CC2CC(CCC=O)CC12.CNNCc1ccc2c(c1)OCO2. The minimum atomic E-state index is 0.332. The molecule has 0 radical (unpaired) electrons. The Hall–Kier alpha value is -1.85. The van der Waals surface area contributed by atoms with Crippen LogP contribution in [0.5, 0.6) is 11.5 Å². The lowest BCUT2D eigenvalue weighted by atomic mass is 9.72. The minimum absolute atomic E-state index is 0.332. The number of hydrogen-bond acceptors (Lipinski definition) is 5. The van der Waals surface area contributed by atoms with Crippen LogP contribution in [0, 0.1) is 17.8 Å². The molecule has 3 atom stereocenters. The predicted octanol–water partition coefficient (Wildman–Crippen LogP) is 3.21. The summed E-state index contributed by atoms with van der Waals surface area (Å²) in [7, 11) is 1.84. The van der Waals surface area contributed by atoms with E-state index in [1.807, 2.05) is 25.2 Å². The second-order valence-electron chi connectivity index (χ2n) is 7.10. The molecule has 3 aliphatic rings. The first-order chi connectivity index (χ1) is 12.2. The molecule has 1 heterocycles. The summed E-state index contributed by atoms with van der Waals surface area (Å²) in [5, 5.41) is 0. The van der Waals surface area contributed by atoms with Gasteiger partial charge >= 0.3 is 0 Å². The molecular formula is C20H28N2O3. The van der Waals surface area contributed by atoms with Gasteiger partial charge in [-0.1, -0.05) is 18.2 Å². The molecule has 0 saturated heterocycles. The third-order valence-corrected chi connectivity index (χ3v) is 5.44. The first-order valence-electron chi connectivity index (χ1n) is 9.10. The van der Waals surface area contributed by atoms with Crippen molar-refractivity contribution in [3.05, 3.63) is 35.9 Å². The molecule has 0 spiro atoms. The number of ether oxygens (including phenoxy) is 2. The van der Waals surface area contributed by atoms with Crippen LogP contribution in [-0.4, -0.2) is 20.1 Å². The number of allylic oxidation sites excluding steroid dienone is 1. The monoisotopic (exact) mass is 344 g/mol. The smallest absolute Gasteiger partial charge is 0.231 e. The fourth-order valence-electron chi connectivity index (χ4n) is 4.07. The number of nitrogens with one attached hydrogen (secondary N) is 2. The van der Waals surface area contributed by atoms with E-state index < -0.39 is 0 Å². The highest BCUT2D eigenvalue weighted by Gasteiger charge is 2.42. The molecule has 1 aromatic rings. The Balaban J connectivity index is 0.000000146. The maximum Gasteiger partial charge on any atom is 0.231 e. The van der Waals surface area contributed by atoms with Gasteiger partial charge in [-0.3, -0.25) is 10.9 Å². The molecule has 3 unspecified atom stereocenters. The number of aldehydes is 1. The summed E-state index contributed by atoms with van der Waals surface area (Å²) in [6.45, 7) is 5.15. The molecular weight excluding hydrogens is 316 g/mol. The Morgan fingerprint density at radius 2 is 2.12 bits per heavy atom. The number of fused-ring (bicyclic) bond motifs is 2. The lowest BCUT2D eigenvalue weighted by Gasteiger charge is -2.33. The quantitative estimate of drug-likeness (QED) is 0.471. The Bertz CT molecular complexity index is 617. The maximum absolute atomic E-state index is 10.2. The third kappa shape index (κ3) is 4.41. The van der Waals surface area contributed by atoms with Crippen LogP contribution in [0.4, 0.5) is 0 Å². The number of carbonyl (C=O) groups is 1. The fraction of sp³-hybridized carbons (Fsp3) is 0.550. The summed E-state index contributed by atoms with van der Waals surface area (Å²) in [6.07, 6.45) is 6.87. The van der Waals surface area contributed by atoms with Crippen LogP contribution >= 0.6 is 0 Å². The van der Waals surface area contributed by atoms with Crippen LogP contribution in [0.2, 0.25) is 0 Å². The van der Waals surface area contributed by atoms with Gasteiger partial charge in [-0.15, -0.1) is 0 Å². The average molecular weight is 344 g/mol. The van der Waals surface area contributed by atoms with E-state index in [4.69, 9.17) is 9.47 Å². The molecule has 25 heavy (non-hydrogen) atoms. The Morgan fingerprint density at radius 1 is 1.28 bits per heavy atom. The molecule has 2 N–H and O–H groups in total.